The summed E-state index contributed by atoms with van der Waals surface area (Å²) in [4.78, 5) is 24.8. The Labute approximate surface area is 166 Å². The van der Waals surface area contributed by atoms with Crippen molar-refractivity contribution in [2.75, 3.05) is 11.9 Å². The van der Waals surface area contributed by atoms with Crippen LogP contribution in [-0.4, -0.2) is 18.5 Å². The lowest BCUT2D eigenvalue weighted by Gasteiger charge is -2.08. The van der Waals surface area contributed by atoms with E-state index in [1.54, 1.807) is 30.5 Å². The van der Waals surface area contributed by atoms with Gasteiger partial charge in [-0.1, -0.05) is 42.5 Å². The molecule has 0 aliphatic carbocycles. The van der Waals surface area contributed by atoms with Crippen molar-refractivity contribution in [1.82, 2.24) is 0 Å². The second-order valence-corrected chi connectivity index (χ2v) is 6.69. The summed E-state index contributed by atoms with van der Waals surface area (Å²) in [5.41, 5.74) is 2.41. The zero-order valence-electron chi connectivity index (χ0n) is 15.1. The highest BCUT2D eigenvalue weighted by Crippen LogP contribution is 2.36. The molecular weight excluding hydrogens is 377 g/mol. The summed E-state index contributed by atoms with van der Waals surface area (Å²) in [5, 5.41) is 4.87. The van der Waals surface area contributed by atoms with Crippen LogP contribution in [0.25, 0.3) is 17.2 Å². The first kappa shape index (κ1) is 19.5. The standard InChI is InChI=1S/C22H18FNO3S/c1-2-27-22(26)20-18(16-9-11-17(23)12-10-16)14-28-21(20)24-19(25)13-8-15-6-4-3-5-7-15/h3-14H,2H2,1H3,(H,24,25). The smallest absolute Gasteiger partial charge is 0.341 e. The normalized spacial score (nSPS) is 10.8. The Morgan fingerprint density at radius 1 is 1.11 bits per heavy atom. The van der Waals surface area contributed by atoms with E-state index in [1.165, 1.54) is 29.5 Å². The molecule has 3 rings (SSSR count). The number of carbonyl (C=O) groups is 2. The summed E-state index contributed by atoms with van der Waals surface area (Å²) < 4.78 is 18.4. The number of carbonyl (C=O) groups excluding carboxylic acids is 2. The van der Waals surface area contributed by atoms with Crippen molar-refractivity contribution in [3.63, 3.8) is 0 Å². The number of nitrogens with one attached hydrogen (secondary N) is 1. The van der Waals surface area contributed by atoms with E-state index in [2.05, 4.69) is 5.32 Å². The number of benzene rings is 2. The van der Waals surface area contributed by atoms with E-state index in [9.17, 15) is 14.0 Å². The SMILES string of the molecule is CCOC(=O)c1c(-c2ccc(F)cc2)csc1NC(=O)C=Cc1ccccc1. The third-order valence-corrected chi connectivity index (χ3v) is 4.78. The van der Waals surface area contributed by atoms with Crippen molar-refractivity contribution < 1.29 is 18.7 Å². The Hall–Kier alpha value is -3.25. The number of anilines is 1. The second kappa shape index (κ2) is 9.10. The van der Waals surface area contributed by atoms with Crippen molar-refractivity contribution in [2.24, 2.45) is 0 Å². The molecule has 0 saturated heterocycles. The van der Waals surface area contributed by atoms with Crippen molar-refractivity contribution in [3.8, 4) is 11.1 Å². The average Bonchev–Trinajstić information content (AvgIpc) is 3.11. The highest BCUT2D eigenvalue weighted by molar-refractivity contribution is 7.15. The third-order valence-electron chi connectivity index (χ3n) is 3.89. The van der Waals surface area contributed by atoms with Crippen molar-refractivity contribution >= 4 is 34.3 Å². The molecule has 3 aromatic rings. The average molecular weight is 395 g/mol. The maximum absolute atomic E-state index is 13.2. The van der Waals surface area contributed by atoms with Crippen LogP contribution in [0.2, 0.25) is 0 Å². The molecule has 0 saturated carbocycles. The number of amides is 1. The Balaban J connectivity index is 1.88. The van der Waals surface area contributed by atoms with Crippen molar-refractivity contribution in [3.05, 3.63) is 83.0 Å². The first-order valence-corrected chi connectivity index (χ1v) is 9.55. The van der Waals surface area contributed by atoms with E-state index in [0.29, 0.717) is 16.1 Å². The molecule has 0 aliphatic heterocycles. The summed E-state index contributed by atoms with van der Waals surface area (Å²) in [5.74, 6) is -1.26. The van der Waals surface area contributed by atoms with Gasteiger partial charge in [-0.05, 0) is 36.3 Å². The zero-order valence-corrected chi connectivity index (χ0v) is 16.0. The Morgan fingerprint density at radius 2 is 1.82 bits per heavy atom. The zero-order chi connectivity index (χ0) is 19.9. The number of rotatable bonds is 6. The molecule has 0 bridgehead atoms. The van der Waals surface area contributed by atoms with Gasteiger partial charge in [-0.25, -0.2) is 9.18 Å². The van der Waals surface area contributed by atoms with Crippen LogP contribution >= 0.6 is 11.3 Å². The molecule has 142 valence electrons. The lowest BCUT2D eigenvalue weighted by atomic mass is 10.0. The molecule has 0 unspecified atom stereocenters. The van der Waals surface area contributed by atoms with E-state index in [-0.39, 0.29) is 23.9 Å². The maximum atomic E-state index is 13.2. The molecule has 2 aromatic carbocycles. The highest BCUT2D eigenvalue weighted by Gasteiger charge is 2.22. The highest BCUT2D eigenvalue weighted by atomic mass is 32.1. The van der Waals surface area contributed by atoms with Crippen LogP contribution in [0.4, 0.5) is 9.39 Å². The van der Waals surface area contributed by atoms with E-state index >= 15 is 0 Å². The molecule has 1 aromatic heterocycles. The summed E-state index contributed by atoms with van der Waals surface area (Å²) in [6.07, 6.45) is 3.09. The fraction of sp³-hybridized carbons (Fsp3) is 0.0909. The van der Waals surface area contributed by atoms with Crippen molar-refractivity contribution in [1.29, 1.82) is 0 Å². The van der Waals surface area contributed by atoms with Crippen LogP contribution in [0.1, 0.15) is 22.8 Å². The lowest BCUT2D eigenvalue weighted by Crippen LogP contribution is -2.12. The van der Waals surface area contributed by atoms with Crippen LogP contribution in [-0.2, 0) is 9.53 Å². The van der Waals surface area contributed by atoms with Gasteiger partial charge in [0.25, 0.3) is 0 Å². The number of esters is 1. The van der Waals surface area contributed by atoms with E-state index < -0.39 is 5.97 Å². The molecule has 6 heteroatoms. The molecule has 0 radical (unpaired) electrons. The summed E-state index contributed by atoms with van der Waals surface area (Å²) in [6, 6.07) is 15.2. The molecule has 0 spiro atoms. The van der Waals surface area contributed by atoms with E-state index in [0.717, 1.165) is 5.56 Å². The summed E-state index contributed by atoms with van der Waals surface area (Å²) in [6.45, 7) is 1.92. The Bertz CT molecular complexity index is 994. The molecule has 0 fully saturated rings. The molecule has 1 amide bonds. The van der Waals surface area contributed by atoms with Gasteiger partial charge in [-0.15, -0.1) is 11.3 Å². The molecule has 0 atom stereocenters. The van der Waals surface area contributed by atoms with Gasteiger partial charge in [0.15, 0.2) is 0 Å². The number of ether oxygens (including phenoxy) is 1. The third kappa shape index (κ3) is 4.72. The second-order valence-electron chi connectivity index (χ2n) is 5.81. The van der Waals surface area contributed by atoms with Crippen LogP contribution < -0.4 is 5.32 Å². The van der Waals surface area contributed by atoms with Gasteiger partial charge in [0, 0.05) is 17.0 Å². The van der Waals surface area contributed by atoms with Gasteiger partial charge >= 0.3 is 5.97 Å². The number of hydrogen-bond acceptors (Lipinski definition) is 4. The number of halogens is 1. The van der Waals surface area contributed by atoms with E-state index in [1.807, 2.05) is 30.3 Å². The summed E-state index contributed by atoms with van der Waals surface area (Å²) in [7, 11) is 0. The van der Waals surface area contributed by atoms with E-state index in [4.69, 9.17) is 4.74 Å². The van der Waals surface area contributed by atoms with Crippen LogP contribution in [0.3, 0.4) is 0 Å². The summed E-state index contributed by atoms with van der Waals surface area (Å²) >= 11 is 1.22. The lowest BCUT2D eigenvalue weighted by molar-refractivity contribution is -0.111. The fourth-order valence-electron chi connectivity index (χ4n) is 2.59. The van der Waals surface area contributed by atoms with Crippen molar-refractivity contribution in [2.45, 2.75) is 6.92 Å². The first-order chi connectivity index (χ1) is 13.6. The minimum atomic E-state index is -0.537. The maximum Gasteiger partial charge on any atom is 0.341 e. The first-order valence-electron chi connectivity index (χ1n) is 8.67. The predicted octanol–water partition coefficient (Wildman–Crippen LogP) is 5.38. The topological polar surface area (TPSA) is 55.4 Å². The predicted molar refractivity (Wildman–Crippen MR) is 110 cm³/mol. The molecule has 0 aliphatic rings. The fourth-order valence-corrected chi connectivity index (χ4v) is 3.55. The van der Waals surface area contributed by atoms with Gasteiger partial charge in [0.2, 0.25) is 5.91 Å². The molecule has 1 N–H and O–H groups in total. The van der Waals surface area contributed by atoms with Crippen LogP contribution in [0.15, 0.2) is 66.1 Å². The monoisotopic (exact) mass is 395 g/mol. The Morgan fingerprint density at radius 3 is 2.50 bits per heavy atom. The molecule has 1 heterocycles. The molecule has 28 heavy (non-hydrogen) atoms. The number of thiophene rings is 1. The Kier molecular flexibility index (Phi) is 6.34. The van der Waals surface area contributed by atoms with Crippen LogP contribution in [0.5, 0.6) is 0 Å². The van der Waals surface area contributed by atoms with Gasteiger partial charge in [0.05, 0.1) is 6.61 Å². The molecule has 4 nitrogen and oxygen atoms in total. The van der Waals surface area contributed by atoms with Gasteiger partial charge in [-0.3, -0.25) is 4.79 Å². The minimum Gasteiger partial charge on any atom is -0.462 e. The quantitative estimate of drug-likeness (QED) is 0.450. The van der Waals surface area contributed by atoms with Gasteiger partial charge in [-0.2, -0.15) is 0 Å². The van der Waals surface area contributed by atoms with Crippen LogP contribution in [0, 0.1) is 5.82 Å². The number of hydrogen-bond donors (Lipinski definition) is 1. The van der Waals surface area contributed by atoms with Gasteiger partial charge in [0.1, 0.15) is 16.4 Å². The largest absolute Gasteiger partial charge is 0.462 e. The van der Waals surface area contributed by atoms with Gasteiger partial charge < -0.3 is 10.1 Å². The minimum absolute atomic E-state index is 0.207. The molecular formula is C22H18FNO3S.